The molecular weight excluding hydrogens is 405 g/mol. The summed E-state index contributed by atoms with van der Waals surface area (Å²) in [6.45, 7) is -0.890. The molecule has 0 saturated heterocycles. The second-order valence-electron chi connectivity index (χ2n) is 6.61. The Bertz CT molecular complexity index is 1010. The Morgan fingerprint density at radius 3 is 1.79 bits per heavy atom. The largest absolute Gasteiger partial charge is 0.496 e. The highest BCUT2D eigenvalue weighted by Crippen LogP contribution is 2.58. The number of hydrogen-bond donors (Lipinski definition) is 1. The summed E-state index contributed by atoms with van der Waals surface area (Å²) >= 11 is 5.90. The summed E-state index contributed by atoms with van der Waals surface area (Å²) in [6, 6.07) is 21.3. The van der Waals surface area contributed by atoms with E-state index in [2.05, 4.69) is 5.09 Å². The molecule has 3 aromatic rings. The van der Waals surface area contributed by atoms with Crippen LogP contribution < -0.4 is 23.6 Å². The molecule has 1 N–H and O–H groups in total. The van der Waals surface area contributed by atoms with Crippen LogP contribution in [0.25, 0.3) is 11.1 Å². The Labute approximate surface area is 175 Å². The minimum Gasteiger partial charge on any atom is -0.496 e. The van der Waals surface area contributed by atoms with Crippen LogP contribution in [0.1, 0.15) is 18.5 Å². The van der Waals surface area contributed by atoms with Gasteiger partial charge in [-0.15, -0.1) is 0 Å². The molecule has 1 aliphatic rings. The maximum absolute atomic E-state index is 6.32. The molecule has 0 aromatic heterocycles. The maximum Gasteiger partial charge on any atom is 0.365 e. The standard InChI is InChI=1S/C22H22NO4PS/c1-15(16-9-5-4-6-10-16)23-28(29)26-19-13-7-11-17(24-2)21(19)22-18(25-3)12-8-14-20(22)27-28/h4-15H,1-3H3,(H,23,29)/t15-/m0/s1. The summed E-state index contributed by atoms with van der Waals surface area (Å²) in [7, 11) is 3.25. The van der Waals surface area contributed by atoms with Crippen LogP contribution in [-0.2, 0) is 11.8 Å². The normalized spacial score (nSPS) is 15.0. The molecular formula is C22H22NO4PS. The highest BCUT2D eigenvalue weighted by molar-refractivity contribution is 8.09. The molecule has 0 saturated carbocycles. The third-order valence-corrected chi connectivity index (χ3v) is 7.10. The molecule has 4 rings (SSSR count). The van der Waals surface area contributed by atoms with Crippen LogP contribution >= 0.6 is 6.64 Å². The zero-order valence-electron chi connectivity index (χ0n) is 16.4. The molecule has 0 spiro atoms. The van der Waals surface area contributed by atoms with Crippen molar-refractivity contribution in [2.45, 2.75) is 13.0 Å². The number of rotatable bonds is 5. The summed E-state index contributed by atoms with van der Waals surface area (Å²) in [5, 5.41) is 3.41. The van der Waals surface area contributed by atoms with Crippen LogP contribution in [0.15, 0.2) is 66.7 Å². The fourth-order valence-corrected chi connectivity index (χ4v) is 5.94. The molecule has 3 aromatic carbocycles. The number of hydrogen-bond acceptors (Lipinski definition) is 5. The van der Waals surface area contributed by atoms with Crippen molar-refractivity contribution < 1.29 is 18.5 Å². The highest BCUT2D eigenvalue weighted by Gasteiger charge is 2.34. The average molecular weight is 427 g/mol. The third kappa shape index (κ3) is 3.84. The lowest BCUT2D eigenvalue weighted by Gasteiger charge is -2.26. The lowest BCUT2D eigenvalue weighted by atomic mass is 10.0. The van der Waals surface area contributed by atoms with Crippen molar-refractivity contribution >= 4 is 18.4 Å². The predicted octanol–water partition coefficient (Wildman–Crippen LogP) is 5.72. The van der Waals surface area contributed by atoms with E-state index in [1.807, 2.05) is 73.7 Å². The van der Waals surface area contributed by atoms with E-state index in [0.717, 1.165) is 16.7 Å². The van der Waals surface area contributed by atoms with Gasteiger partial charge in [0.1, 0.15) is 23.0 Å². The summed E-state index contributed by atoms with van der Waals surface area (Å²) in [5.41, 5.74) is 2.64. The fourth-order valence-electron chi connectivity index (χ4n) is 3.39. The van der Waals surface area contributed by atoms with E-state index in [1.165, 1.54) is 0 Å². The smallest absolute Gasteiger partial charge is 0.365 e. The first-order chi connectivity index (χ1) is 14.0. The summed E-state index contributed by atoms with van der Waals surface area (Å²) < 4.78 is 23.9. The lowest BCUT2D eigenvalue weighted by Crippen LogP contribution is -2.21. The first-order valence-corrected chi connectivity index (χ1v) is 11.8. The number of benzene rings is 3. The van der Waals surface area contributed by atoms with Crippen molar-refractivity contribution in [1.82, 2.24) is 5.09 Å². The van der Waals surface area contributed by atoms with Crippen LogP contribution in [0.2, 0.25) is 0 Å². The van der Waals surface area contributed by atoms with Crippen LogP contribution in [0, 0.1) is 0 Å². The predicted molar refractivity (Wildman–Crippen MR) is 119 cm³/mol. The van der Waals surface area contributed by atoms with Crippen molar-refractivity contribution in [2.75, 3.05) is 14.2 Å². The summed E-state index contributed by atoms with van der Waals surface area (Å²) in [4.78, 5) is 0. The topological polar surface area (TPSA) is 49.0 Å². The maximum atomic E-state index is 6.32. The van der Waals surface area contributed by atoms with Crippen molar-refractivity contribution in [3.63, 3.8) is 0 Å². The zero-order valence-corrected chi connectivity index (χ0v) is 18.1. The van der Waals surface area contributed by atoms with E-state index in [0.29, 0.717) is 23.0 Å². The van der Waals surface area contributed by atoms with Gasteiger partial charge >= 0.3 is 6.64 Å². The van der Waals surface area contributed by atoms with Gasteiger partial charge in [0.25, 0.3) is 0 Å². The second kappa shape index (κ2) is 8.07. The zero-order chi connectivity index (χ0) is 20.4. The van der Waals surface area contributed by atoms with E-state index in [-0.39, 0.29) is 6.04 Å². The Kier molecular flexibility index (Phi) is 5.50. The molecule has 7 heteroatoms. The molecule has 1 aliphatic heterocycles. The molecule has 0 fully saturated rings. The molecule has 150 valence electrons. The van der Waals surface area contributed by atoms with Gasteiger partial charge in [-0.1, -0.05) is 42.5 Å². The summed E-state index contributed by atoms with van der Waals surface area (Å²) in [6.07, 6.45) is 0. The van der Waals surface area contributed by atoms with Gasteiger partial charge in [-0.25, -0.2) is 5.09 Å². The van der Waals surface area contributed by atoms with Gasteiger partial charge in [-0.2, -0.15) is 0 Å². The van der Waals surface area contributed by atoms with Gasteiger partial charge in [0, 0.05) is 17.8 Å². The Hall–Kier alpha value is -2.53. The SMILES string of the molecule is COc1cccc2c1-c1c(OC)cccc1OP(=S)(N[C@@H](C)c1ccccc1)O2. The van der Waals surface area contributed by atoms with E-state index >= 15 is 0 Å². The van der Waals surface area contributed by atoms with E-state index in [9.17, 15) is 0 Å². The summed E-state index contributed by atoms with van der Waals surface area (Å²) in [5.74, 6) is 2.53. The quantitative estimate of drug-likeness (QED) is 0.526. The average Bonchev–Trinajstić information content (AvgIpc) is 2.86. The van der Waals surface area contributed by atoms with Gasteiger partial charge < -0.3 is 18.5 Å². The number of fused-ring (bicyclic) bond motifs is 3. The van der Waals surface area contributed by atoms with Crippen molar-refractivity contribution in [3.05, 3.63) is 72.3 Å². The second-order valence-corrected chi connectivity index (χ2v) is 9.67. The molecule has 29 heavy (non-hydrogen) atoms. The number of methoxy groups -OCH3 is 2. The molecule has 0 aliphatic carbocycles. The van der Waals surface area contributed by atoms with Crippen molar-refractivity contribution in [1.29, 1.82) is 0 Å². The molecule has 0 radical (unpaired) electrons. The van der Waals surface area contributed by atoms with Gasteiger partial charge in [0.15, 0.2) is 0 Å². The van der Waals surface area contributed by atoms with Crippen LogP contribution in [-0.4, -0.2) is 14.2 Å². The van der Waals surface area contributed by atoms with Crippen LogP contribution in [0.4, 0.5) is 0 Å². The fraction of sp³-hybridized carbons (Fsp3) is 0.182. The molecule has 1 atom stereocenters. The first-order valence-electron chi connectivity index (χ1n) is 9.21. The number of ether oxygens (including phenoxy) is 2. The number of nitrogens with one attached hydrogen (secondary N) is 1. The van der Waals surface area contributed by atoms with E-state index in [1.54, 1.807) is 14.2 Å². The van der Waals surface area contributed by atoms with Crippen LogP contribution in [0.5, 0.6) is 23.0 Å². The monoisotopic (exact) mass is 427 g/mol. The highest BCUT2D eigenvalue weighted by atomic mass is 32.5. The van der Waals surface area contributed by atoms with Gasteiger partial charge in [0.2, 0.25) is 0 Å². The molecule has 0 amide bonds. The molecule has 0 unspecified atom stereocenters. The molecule has 5 nitrogen and oxygen atoms in total. The first kappa shape index (κ1) is 19.8. The Morgan fingerprint density at radius 1 is 0.793 bits per heavy atom. The van der Waals surface area contributed by atoms with Crippen LogP contribution in [0.3, 0.4) is 0 Å². The van der Waals surface area contributed by atoms with Crippen molar-refractivity contribution in [2.24, 2.45) is 0 Å². The molecule has 1 heterocycles. The van der Waals surface area contributed by atoms with Crippen molar-refractivity contribution in [3.8, 4) is 34.1 Å². The van der Waals surface area contributed by atoms with E-state index < -0.39 is 6.64 Å². The van der Waals surface area contributed by atoms with Gasteiger partial charge in [-0.3, -0.25) is 0 Å². The Balaban J connectivity index is 1.83. The van der Waals surface area contributed by atoms with E-state index in [4.69, 9.17) is 30.3 Å². The minimum absolute atomic E-state index is 0.0525. The lowest BCUT2D eigenvalue weighted by molar-refractivity contribution is 0.409. The molecule has 0 bridgehead atoms. The third-order valence-electron chi connectivity index (χ3n) is 4.75. The van der Waals surface area contributed by atoms with Gasteiger partial charge in [0.05, 0.1) is 25.3 Å². The van der Waals surface area contributed by atoms with Gasteiger partial charge in [-0.05, 0) is 36.8 Å². The Morgan fingerprint density at radius 2 is 1.31 bits per heavy atom. The minimum atomic E-state index is -2.93.